The highest BCUT2D eigenvalue weighted by atomic mass is 32.2. The first-order valence-electron chi connectivity index (χ1n) is 7.14. The molecule has 0 bridgehead atoms. The molecule has 1 aromatic heterocycles. The summed E-state index contributed by atoms with van der Waals surface area (Å²) in [5.41, 5.74) is 0.941. The predicted octanol–water partition coefficient (Wildman–Crippen LogP) is 1.65. The van der Waals surface area contributed by atoms with Crippen molar-refractivity contribution in [2.24, 2.45) is 5.92 Å². The third-order valence-electron chi connectivity index (χ3n) is 3.73. The number of aromatic nitrogens is 2. The van der Waals surface area contributed by atoms with Gasteiger partial charge in [0.05, 0.1) is 33.0 Å². The van der Waals surface area contributed by atoms with E-state index in [1.54, 1.807) is 6.07 Å². The molecule has 3 rings (SSSR count). The molecule has 1 N–H and O–H groups in total. The number of nitrogens with one attached hydrogen (secondary N) is 1. The van der Waals surface area contributed by atoms with Crippen LogP contribution < -0.4 is 5.32 Å². The van der Waals surface area contributed by atoms with E-state index in [1.165, 1.54) is 18.3 Å². The van der Waals surface area contributed by atoms with Crippen molar-refractivity contribution in [3.05, 3.63) is 34.5 Å². The Hall–Kier alpha value is -1.93. The molecule has 1 saturated heterocycles. The van der Waals surface area contributed by atoms with Gasteiger partial charge in [-0.3, -0.25) is 19.3 Å². The van der Waals surface area contributed by atoms with Crippen LogP contribution in [0.4, 0.5) is 5.69 Å². The first-order valence-corrected chi connectivity index (χ1v) is 8.45. The van der Waals surface area contributed by atoms with Gasteiger partial charge < -0.3 is 5.32 Å². The molecule has 1 aromatic carbocycles. The minimum atomic E-state index is -1.20. The molecule has 2 aromatic rings. The Morgan fingerprint density at radius 3 is 3.00 bits per heavy atom. The zero-order valence-corrected chi connectivity index (χ0v) is 12.7. The highest BCUT2D eigenvalue weighted by Gasteiger charge is 2.18. The Morgan fingerprint density at radius 1 is 1.41 bits per heavy atom. The second kappa shape index (κ2) is 6.45. The normalized spacial score (nSPS) is 19.9. The summed E-state index contributed by atoms with van der Waals surface area (Å²) in [5, 5.41) is 14.5. The molecule has 0 amide bonds. The van der Waals surface area contributed by atoms with Gasteiger partial charge in [-0.1, -0.05) is 0 Å². The number of nitrogens with zero attached hydrogens (tertiary/aromatic N) is 3. The Balaban J connectivity index is 1.80. The topological polar surface area (TPSA) is 98.0 Å². The standard InChI is InChI=1S/C14H16N4O3S/c19-18(20)11-3-4-12-13(6-11)16-8-14(17-12)22(21)9-10-2-1-5-15-7-10/h3-4,6,8,10,15H,1-2,5,7,9H2. The third-order valence-corrected chi connectivity index (χ3v) is 5.17. The Kier molecular flexibility index (Phi) is 4.39. The van der Waals surface area contributed by atoms with E-state index in [9.17, 15) is 14.3 Å². The maximum Gasteiger partial charge on any atom is 0.271 e. The third kappa shape index (κ3) is 3.28. The fraction of sp³-hybridized carbons (Fsp3) is 0.429. The number of piperidine rings is 1. The highest BCUT2D eigenvalue weighted by Crippen LogP contribution is 2.20. The van der Waals surface area contributed by atoms with Crippen molar-refractivity contribution < 1.29 is 9.13 Å². The molecule has 7 nitrogen and oxygen atoms in total. The van der Waals surface area contributed by atoms with Crippen LogP contribution >= 0.6 is 0 Å². The molecule has 0 spiro atoms. The van der Waals surface area contributed by atoms with Crippen molar-refractivity contribution in [2.75, 3.05) is 18.8 Å². The van der Waals surface area contributed by atoms with E-state index in [-0.39, 0.29) is 5.69 Å². The predicted molar refractivity (Wildman–Crippen MR) is 83.1 cm³/mol. The van der Waals surface area contributed by atoms with Crippen LogP contribution in [0.3, 0.4) is 0 Å². The van der Waals surface area contributed by atoms with E-state index in [4.69, 9.17) is 0 Å². The first kappa shape index (κ1) is 15.0. The summed E-state index contributed by atoms with van der Waals surface area (Å²) in [4.78, 5) is 18.8. The maximum absolute atomic E-state index is 12.4. The summed E-state index contributed by atoms with van der Waals surface area (Å²) in [5.74, 6) is 0.962. The lowest BCUT2D eigenvalue weighted by atomic mass is 10.0. The number of hydrogen-bond acceptors (Lipinski definition) is 6. The van der Waals surface area contributed by atoms with E-state index in [0.29, 0.717) is 27.7 Å². The van der Waals surface area contributed by atoms with Gasteiger partial charge in [-0.2, -0.15) is 0 Å². The maximum atomic E-state index is 12.4. The van der Waals surface area contributed by atoms with Gasteiger partial charge in [0.1, 0.15) is 5.03 Å². The molecule has 2 heterocycles. The van der Waals surface area contributed by atoms with Gasteiger partial charge in [-0.05, 0) is 37.9 Å². The van der Waals surface area contributed by atoms with Crippen LogP contribution in [0.25, 0.3) is 11.0 Å². The molecular formula is C14H16N4O3S. The van der Waals surface area contributed by atoms with Crippen LogP contribution in [-0.4, -0.2) is 37.9 Å². The van der Waals surface area contributed by atoms with Crippen LogP contribution in [0.2, 0.25) is 0 Å². The van der Waals surface area contributed by atoms with E-state index in [0.717, 1.165) is 25.9 Å². The van der Waals surface area contributed by atoms with Crippen LogP contribution in [0.15, 0.2) is 29.4 Å². The van der Waals surface area contributed by atoms with E-state index in [1.807, 2.05) is 0 Å². The lowest BCUT2D eigenvalue weighted by Gasteiger charge is -2.21. The number of rotatable bonds is 4. The van der Waals surface area contributed by atoms with Gasteiger partial charge >= 0.3 is 0 Å². The van der Waals surface area contributed by atoms with Crippen molar-refractivity contribution in [3.63, 3.8) is 0 Å². The van der Waals surface area contributed by atoms with Crippen molar-refractivity contribution in [1.82, 2.24) is 15.3 Å². The number of benzene rings is 1. The summed E-state index contributed by atoms with van der Waals surface area (Å²) in [6.45, 7) is 1.91. The smallest absolute Gasteiger partial charge is 0.271 e. The SMILES string of the molecule is O=[N+]([O-])c1ccc2nc(S(=O)CC3CCCNC3)cnc2c1. The first-order chi connectivity index (χ1) is 10.6. The largest absolute Gasteiger partial charge is 0.316 e. The fourth-order valence-electron chi connectivity index (χ4n) is 2.57. The molecule has 1 aliphatic rings. The fourth-order valence-corrected chi connectivity index (χ4v) is 3.82. The molecule has 1 fully saturated rings. The van der Waals surface area contributed by atoms with Crippen LogP contribution in [0, 0.1) is 16.0 Å². The molecular weight excluding hydrogens is 304 g/mol. The summed E-state index contributed by atoms with van der Waals surface area (Å²) in [7, 11) is -1.20. The minimum absolute atomic E-state index is 0.0241. The molecule has 2 atom stereocenters. The van der Waals surface area contributed by atoms with E-state index >= 15 is 0 Å². The van der Waals surface area contributed by atoms with Gasteiger partial charge in [-0.25, -0.2) is 4.98 Å². The Morgan fingerprint density at radius 2 is 2.27 bits per heavy atom. The summed E-state index contributed by atoms with van der Waals surface area (Å²) >= 11 is 0. The zero-order valence-electron chi connectivity index (χ0n) is 11.9. The lowest BCUT2D eigenvalue weighted by Crippen LogP contribution is -2.32. The van der Waals surface area contributed by atoms with Gasteiger partial charge in [0, 0.05) is 17.9 Å². The highest BCUT2D eigenvalue weighted by molar-refractivity contribution is 7.84. The van der Waals surface area contributed by atoms with Crippen molar-refractivity contribution in [2.45, 2.75) is 17.9 Å². The Bertz CT molecular complexity index is 731. The summed E-state index contributed by atoms with van der Waals surface area (Å²) in [6.07, 6.45) is 3.64. The quantitative estimate of drug-likeness (QED) is 0.679. The summed E-state index contributed by atoms with van der Waals surface area (Å²) < 4.78 is 12.4. The summed E-state index contributed by atoms with van der Waals surface area (Å²) in [6, 6.07) is 4.30. The van der Waals surface area contributed by atoms with Crippen molar-refractivity contribution in [3.8, 4) is 0 Å². The van der Waals surface area contributed by atoms with Gasteiger partial charge in [0.15, 0.2) is 0 Å². The van der Waals surface area contributed by atoms with Crippen molar-refractivity contribution in [1.29, 1.82) is 0 Å². The second-order valence-electron chi connectivity index (χ2n) is 5.36. The molecule has 22 heavy (non-hydrogen) atoms. The molecule has 0 aliphatic carbocycles. The Labute approximate surface area is 129 Å². The van der Waals surface area contributed by atoms with E-state index < -0.39 is 15.7 Å². The van der Waals surface area contributed by atoms with Crippen molar-refractivity contribution >= 4 is 27.5 Å². The average molecular weight is 320 g/mol. The van der Waals surface area contributed by atoms with Crippen LogP contribution in [0.1, 0.15) is 12.8 Å². The van der Waals surface area contributed by atoms with Crippen LogP contribution in [0.5, 0.6) is 0 Å². The van der Waals surface area contributed by atoms with Crippen LogP contribution in [-0.2, 0) is 10.8 Å². The molecule has 2 unspecified atom stereocenters. The molecule has 0 saturated carbocycles. The van der Waals surface area contributed by atoms with Gasteiger partial charge in [0.2, 0.25) is 0 Å². The minimum Gasteiger partial charge on any atom is -0.316 e. The molecule has 0 radical (unpaired) electrons. The number of non-ortho nitro benzene ring substituents is 1. The van der Waals surface area contributed by atoms with E-state index in [2.05, 4.69) is 15.3 Å². The zero-order chi connectivity index (χ0) is 15.5. The molecule has 1 aliphatic heterocycles. The average Bonchev–Trinajstić information content (AvgIpc) is 2.54. The number of nitro benzene ring substituents is 1. The number of fused-ring (bicyclic) bond motifs is 1. The number of hydrogen-bond donors (Lipinski definition) is 1. The second-order valence-corrected chi connectivity index (χ2v) is 6.81. The van der Waals surface area contributed by atoms with Gasteiger partial charge in [0.25, 0.3) is 5.69 Å². The molecule has 8 heteroatoms. The molecule has 116 valence electrons. The van der Waals surface area contributed by atoms with Gasteiger partial charge in [-0.15, -0.1) is 0 Å². The monoisotopic (exact) mass is 320 g/mol. The lowest BCUT2D eigenvalue weighted by molar-refractivity contribution is -0.384. The number of nitro groups is 1.